The molecule has 0 amide bonds. The summed E-state index contributed by atoms with van der Waals surface area (Å²) < 4.78 is 4.78. The van der Waals surface area contributed by atoms with Crippen LogP contribution in [0.4, 0.5) is 0 Å². The number of hydrogen-bond acceptors (Lipinski definition) is 5. The Morgan fingerprint density at radius 1 is 0.688 bits per heavy atom. The number of benzene rings is 2. The van der Waals surface area contributed by atoms with Gasteiger partial charge in [0, 0.05) is 49.7 Å². The Balaban J connectivity index is 1.59. The van der Waals surface area contributed by atoms with E-state index in [1.54, 1.807) is 12.4 Å². The first-order valence-electron chi connectivity index (χ1n) is 10.3. The van der Waals surface area contributed by atoms with Crippen LogP contribution in [0.3, 0.4) is 0 Å². The Hall–Kier alpha value is -4.16. The number of hydrogen-bond donors (Lipinski definition) is 0. The maximum atomic E-state index is 4.73. The fourth-order valence-corrected chi connectivity index (χ4v) is 5.58. The number of rotatable bonds is 2. The fraction of sp³-hybridized carbons (Fsp3) is 0. The average Bonchev–Trinajstić information content (AvgIpc) is 3.40. The first-order valence-corrected chi connectivity index (χ1v) is 11.1. The largest absolute Gasteiger partial charge is 0.304 e. The molecule has 32 heavy (non-hydrogen) atoms. The molecule has 0 unspecified atom stereocenters. The van der Waals surface area contributed by atoms with Gasteiger partial charge >= 0.3 is 0 Å². The van der Waals surface area contributed by atoms with Gasteiger partial charge in [0.25, 0.3) is 0 Å². The van der Waals surface area contributed by atoms with Crippen molar-refractivity contribution in [1.82, 2.24) is 24.5 Å². The highest BCUT2D eigenvalue weighted by atomic mass is 32.1. The Morgan fingerprint density at radius 2 is 1.56 bits per heavy atom. The third kappa shape index (κ3) is 2.44. The second-order valence-electron chi connectivity index (χ2n) is 7.65. The molecule has 0 aliphatic carbocycles. The summed E-state index contributed by atoms with van der Waals surface area (Å²) in [5, 5.41) is 3.64. The van der Waals surface area contributed by atoms with E-state index < -0.39 is 0 Å². The predicted octanol–water partition coefficient (Wildman–Crippen LogP) is 6.40. The van der Waals surface area contributed by atoms with Gasteiger partial charge in [-0.3, -0.25) is 9.97 Å². The fourth-order valence-electron chi connectivity index (χ4n) is 4.48. The molecule has 150 valence electrons. The number of thiophene rings is 1. The summed E-state index contributed by atoms with van der Waals surface area (Å²) in [5.74, 6) is 0.659. The van der Waals surface area contributed by atoms with Gasteiger partial charge in [-0.2, -0.15) is 0 Å². The number of nitrogens with zero attached hydrogens (tertiary/aromatic N) is 5. The van der Waals surface area contributed by atoms with Crippen molar-refractivity contribution >= 4 is 53.4 Å². The number of aromatic nitrogens is 5. The maximum absolute atomic E-state index is 4.73. The molecule has 7 rings (SSSR count). The zero-order valence-corrected chi connectivity index (χ0v) is 17.6. The first kappa shape index (κ1) is 17.5. The maximum Gasteiger partial charge on any atom is 0.160 e. The molecule has 5 nitrogen and oxygen atoms in total. The monoisotopic (exact) mass is 429 g/mol. The van der Waals surface area contributed by atoms with Crippen molar-refractivity contribution < 1.29 is 0 Å². The van der Waals surface area contributed by atoms with Gasteiger partial charge in [-0.05, 0) is 42.5 Å². The van der Waals surface area contributed by atoms with Crippen molar-refractivity contribution in [2.45, 2.75) is 0 Å². The average molecular weight is 430 g/mol. The lowest BCUT2D eigenvalue weighted by Crippen LogP contribution is -1.98. The Kier molecular flexibility index (Phi) is 3.65. The molecule has 7 aromatic rings. The number of pyridine rings is 2. The molecular weight excluding hydrogens is 414 g/mol. The molecule has 0 radical (unpaired) electrons. The standard InChI is InChI=1S/C26H15N5S/c1-2-8-21-18(6-1)23-22(32-21)10-9-19-24-20(7-4-12-28-24)31(25(19)23)17-14-29-26(30-15-17)16-5-3-11-27-13-16/h1-15H. The molecule has 0 aliphatic heterocycles. The van der Waals surface area contributed by atoms with E-state index in [4.69, 9.17) is 4.98 Å². The van der Waals surface area contributed by atoms with Crippen LogP contribution in [-0.4, -0.2) is 24.5 Å². The van der Waals surface area contributed by atoms with Gasteiger partial charge in [0.1, 0.15) is 0 Å². The minimum Gasteiger partial charge on any atom is -0.304 e. The van der Waals surface area contributed by atoms with Crippen LogP contribution in [0, 0.1) is 0 Å². The van der Waals surface area contributed by atoms with E-state index in [1.807, 2.05) is 48.1 Å². The van der Waals surface area contributed by atoms with Crippen molar-refractivity contribution in [2.24, 2.45) is 0 Å². The summed E-state index contributed by atoms with van der Waals surface area (Å²) >= 11 is 1.82. The molecule has 5 heterocycles. The van der Waals surface area contributed by atoms with E-state index >= 15 is 0 Å². The smallest absolute Gasteiger partial charge is 0.160 e. The van der Waals surface area contributed by atoms with Crippen molar-refractivity contribution in [2.75, 3.05) is 0 Å². The molecule has 6 heteroatoms. The van der Waals surface area contributed by atoms with E-state index in [-0.39, 0.29) is 0 Å². The first-order chi connectivity index (χ1) is 15.9. The van der Waals surface area contributed by atoms with E-state index in [9.17, 15) is 0 Å². The summed E-state index contributed by atoms with van der Waals surface area (Å²) in [4.78, 5) is 18.2. The van der Waals surface area contributed by atoms with Crippen molar-refractivity contribution in [3.63, 3.8) is 0 Å². The Morgan fingerprint density at radius 3 is 2.44 bits per heavy atom. The summed E-state index contributed by atoms with van der Waals surface area (Å²) in [6.07, 6.45) is 9.15. The van der Waals surface area contributed by atoms with Crippen LogP contribution in [0.5, 0.6) is 0 Å². The third-order valence-electron chi connectivity index (χ3n) is 5.84. The SMILES string of the molecule is c1cncc(-c2ncc(-n3c4cccnc4c4ccc5sc6ccccc6c5c43)cn2)c1. The van der Waals surface area contributed by atoms with Gasteiger partial charge < -0.3 is 4.57 Å². The summed E-state index contributed by atoms with van der Waals surface area (Å²) in [6, 6.07) is 20.9. The highest BCUT2D eigenvalue weighted by Gasteiger charge is 2.19. The molecule has 0 fully saturated rings. The zero-order valence-electron chi connectivity index (χ0n) is 16.8. The quantitative estimate of drug-likeness (QED) is 0.319. The molecule has 5 aromatic heterocycles. The molecule has 0 aliphatic rings. The van der Waals surface area contributed by atoms with Gasteiger partial charge in [-0.25, -0.2) is 9.97 Å². The normalized spacial score (nSPS) is 11.8. The Bertz CT molecular complexity index is 1770. The lowest BCUT2D eigenvalue weighted by molar-refractivity contribution is 1.08. The summed E-state index contributed by atoms with van der Waals surface area (Å²) in [6.45, 7) is 0. The highest BCUT2D eigenvalue weighted by molar-refractivity contribution is 7.26. The summed E-state index contributed by atoms with van der Waals surface area (Å²) in [7, 11) is 0. The predicted molar refractivity (Wildman–Crippen MR) is 130 cm³/mol. The van der Waals surface area contributed by atoms with Crippen molar-refractivity contribution in [3.05, 3.63) is 91.6 Å². The van der Waals surface area contributed by atoms with Gasteiger partial charge in [-0.15, -0.1) is 11.3 Å². The van der Waals surface area contributed by atoms with Crippen LogP contribution in [0.15, 0.2) is 91.6 Å². The van der Waals surface area contributed by atoms with E-state index in [0.29, 0.717) is 5.82 Å². The molecule has 0 spiro atoms. The molecular formula is C26H15N5S. The lowest BCUT2D eigenvalue weighted by atomic mass is 10.1. The molecule has 0 bridgehead atoms. The van der Waals surface area contributed by atoms with Crippen LogP contribution in [-0.2, 0) is 0 Å². The highest BCUT2D eigenvalue weighted by Crippen LogP contribution is 2.42. The minimum atomic E-state index is 0.659. The van der Waals surface area contributed by atoms with Gasteiger partial charge in [0.2, 0.25) is 0 Å². The van der Waals surface area contributed by atoms with Crippen LogP contribution in [0.1, 0.15) is 0 Å². The van der Waals surface area contributed by atoms with Crippen molar-refractivity contribution in [3.8, 4) is 17.1 Å². The second-order valence-corrected chi connectivity index (χ2v) is 8.73. The van der Waals surface area contributed by atoms with Gasteiger partial charge in [-0.1, -0.05) is 18.2 Å². The van der Waals surface area contributed by atoms with Crippen molar-refractivity contribution in [1.29, 1.82) is 0 Å². The van der Waals surface area contributed by atoms with Crippen LogP contribution in [0.2, 0.25) is 0 Å². The van der Waals surface area contributed by atoms with Gasteiger partial charge in [0.15, 0.2) is 5.82 Å². The van der Waals surface area contributed by atoms with E-state index in [0.717, 1.165) is 33.2 Å². The topological polar surface area (TPSA) is 56.5 Å². The summed E-state index contributed by atoms with van der Waals surface area (Å²) in [5.41, 5.74) is 4.98. The molecule has 0 saturated carbocycles. The third-order valence-corrected chi connectivity index (χ3v) is 6.97. The van der Waals surface area contributed by atoms with E-state index in [2.05, 4.69) is 62.0 Å². The molecule has 0 atom stereocenters. The minimum absolute atomic E-state index is 0.659. The van der Waals surface area contributed by atoms with Crippen LogP contribution in [0.25, 0.3) is 59.2 Å². The number of fused-ring (bicyclic) bond motifs is 7. The molecule has 0 saturated heterocycles. The van der Waals surface area contributed by atoms with Crippen LogP contribution < -0.4 is 0 Å². The lowest BCUT2D eigenvalue weighted by Gasteiger charge is -2.09. The molecule has 0 N–H and O–H groups in total. The second kappa shape index (κ2) is 6.67. The van der Waals surface area contributed by atoms with Gasteiger partial charge in [0.05, 0.1) is 34.6 Å². The van der Waals surface area contributed by atoms with E-state index in [1.165, 1.54) is 20.2 Å². The molecule has 2 aromatic carbocycles. The zero-order chi connectivity index (χ0) is 21.1. The Labute approximate surface area is 186 Å². The van der Waals surface area contributed by atoms with Crippen LogP contribution >= 0.6 is 11.3 Å².